The molecule has 0 amide bonds. The highest BCUT2D eigenvalue weighted by Gasteiger charge is 2.56. The van der Waals surface area contributed by atoms with Crippen molar-refractivity contribution in [1.29, 1.82) is 0 Å². The van der Waals surface area contributed by atoms with Crippen LogP contribution in [0.25, 0.3) is 0 Å². The number of hydrogen-bond acceptors (Lipinski definition) is 4. The molecule has 0 bridgehead atoms. The van der Waals surface area contributed by atoms with Gasteiger partial charge in [0.1, 0.15) is 6.10 Å². The van der Waals surface area contributed by atoms with Crippen LogP contribution < -0.4 is 10.4 Å². The summed E-state index contributed by atoms with van der Waals surface area (Å²) >= 11 is 0. The van der Waals surface area contributed by atoms with Crippen LogP contribution in [0, 0.1) is 5.92 Å². The second-order valence-corrected chi connectivity index (χ2v) is 14.2. The maximum atomic E-state index is 14.1. The van der Waals surface area contributed by atoms with E-state index in [1.807, 2.05) is 26.0 Å². The lowest BCUT2D eigenvalue weighted by Crippen LogP contribution is -2.67. The van der Waals surface area contributed by atoms with Gasteiger partial charge in [0, 0.05) is 5.92 Å². The van der Waals surface area contributed by atoms with Crippen LogP contribution in [0.4, 0.5) is 4.39 Å². The van der Waals surface area contributed by atoms with Gasteiger partial charge in [-0.2, -0.15) is 0 Å². The van der Waals surface area contributed by atoms with Crippen molar-refractivity contribution in [3.63, 3.8) is 0 Å². The summed E-state index contributed by atoms with van der Waals surface area (Å²) in [7, 11) is -2.71. The van der Waals surface area contributed by atoms with E-state index in [2.05, 4.69) is 69.3 Å². The molecule has 31 heavy (non-hydrogen) atoms. The summed E-state index contributed by atoms with van der Waals surface area (Å²) < 4.78 is 38.9. The van der Waals surface area contributed by atoms with Gasteiger partial charge in [-0.3, -0.25) is 4.39 Å². The topological polar surface area (TPSA) is 36.9 Å². The molecule has 0 saturated carbocycles. The van der Waals surface area contributed by atoms with Crippen LogP contribution in [0.1, 0.15) is 34.6 Å². The Kier molecular flexibility index (Phi) is 6.13. The molecular formula is C25H33FO4Si. The minimum absolute atomic E-state index is 0.148. The molecule has 0 unspecified atom stereocenters. The summed E-state index contributed by atoms with van der Waals surface area (Å²) in [5, 5.41) is 2.24. The normalized spacial score (nSPS) is 27.9. The molecule has 2 aromatic rings. The Bertz CT molecular complexity index is 829. The zero-order valence-corrected chi connectivity index (χ0v) is 20.0. The molecule has 0 spiro atoms. The quantitative estimate of drug-likeness (QED) is 0.631. The Morgan fingerprint density at radius 3 is 1.97 bits per heavy atom. The summed E-state index contributed by atoms with van der Waals surface area (Å²) in [6, 6.07) is 20.9. The van der Waals surface area contributed by atoms with Gasteiger partial charge < -0.3 is 18.6 Å². The molecule has 0 N–H and O–H groups in total. The fraction of sp³-hybridized carbons (Fsp3) is 0.520. The average Bonchev–Trinajstić information content (AvgIpc) is 3.19. The van der Waals surface area contributed by atoms with E-state index in [1.165, 1.54) is 10.4 Å². The van der Waals surface area contributed by atoms with Gasteiger partial charge >= 0.3 is 0 Å². The summed E-state index contributed by atoms with van der Waals surface area (Å²) in [5.74, 6) is -1.17. The number of benzene rings is 2. The number of rotatable bonds is 6. The lowest BCUT2D eigenvalue weighted by molar-refractivity contribution is -0.213. The number of ether oxygens (including phenoxy) is 3. The zero-order valence-electron chi connectivity index (χ0n) is 19.0. The third-order valence-corrected chi connectivity index (χ3v) is 11.4. The van der Waals surface area contributed by atoms with Gasteiger partial charge in [-0.05, 0) is 29.3 Å². The molecule has 4 atom stereocenters. The number of halogens is 1. The number of fused-ring (bicyclic) bond motifs is 1. The van der Waals surface area contributed by atoms with Gasteiger partial charge in [-0.15, -0.1) is 0 Å². The second-order valence-electron chi connectivity index (χ2n) is 9.94. The van der Waals surface area contributed by atoms with E-state index in [-0.39, 0.29) is 5.04 Å². The van der Waals surface area contributed by atoms with E-state index in [0.29, 0.717) is 6.61 Å². The minimum Gasteiger partial charge on any atom is -0.405 e. The first-order chi connectivity index (χ1) is 14.7. The molecule has 2 heterocycles. The Labute approximate surface area is 185 Å². The van der Waals surface area contributed by atoms with E-state index < -0.39 is 45.2 Å². The lowest BCUT2D eigenvalue weighted by Gasteiger charge is -2.43. The van der Waals surface area contributed by atoms with Crippen molar-refractivity contribution in [3.05, 3.63) is 60.7 Å². The average molecular weight is 445 g/mol. The molecule has 6 heteroatoms. The van der Waals surface area contributed by atoms with Crippen LogP contribution in [0.3, 0.4) is 0 Å². The van der Waals surface area contributed by atoms with E-state index in [0.717, 1.165) is 0 Å². The van der Waals surface area contributed by atoms with Crippen LogP contribution in [0.15, 0.2) is 60.7 Å². The molecule has 2 aliphatic rings. The fourth-order valence-electron chi connectivity index (χ4n) is 4.96. The summed E-state index contributed by atoms with van der Waals surface area (Å²) in [5.41, 5.74) is 0. The zero-order chi connectivity index (χ0) is 22.3. The molecule has 0 radical (unpaired) electrons. The van der Waals surface area contributed by atoms with Crippen LogP contribution in [0.2, 0.25) is 5.04 Å². The molecule has 168 valence electrons. The third kappa shape index (κ3) is 4.12. The first-order valence-electron chi connectivity index (χ1n) is 11.0. The van der Waals surface area contributed by atoms with Gasteiger partial charge in [-0.25, -0.2) is 0 Å². The molecule has 2 aliphatic heterocycles. The molecule has 0 aliphatic carbocycles. The Balaban J connectivity index is 1.67. The molecule has 4 nitrogen and oxygen atoms in total. The third-order valence-electron chi connectivity index (χ3n) is 6.36. The molecule has 2 saturated heterocycles. The lowest BCUT2D eigenvalue weighted by atomic mass is 10.0. The van der Waals surface area contributed by atoms with E-state index >= 15 is 0 Å². The molecule has 2 fully saturated rings. The van der Waals surface area contributed by atoms with Gasteiger partial charge in [-0.1, -0.05) is 81.4 Å². The number of alkyl halides is 1. The monoisotopic (exact) mass is 444 g/mol. The summed E-state index contributed by atoms with van der Waals surface area (Å²) in [4.78, 5) is 0. The van der Waals surface area contributed by atoms with Crippen molar-refractivity contribution in [2.45, 2.75) is 63.9 Å². The minimum atomic E-state index is -2.71. The van der Waals surface area contributed by atoms with Crippen molar-refractivity contribution >= 4 is 18.7 Å². The van der Waals surface area contributed by atoms with Gasteiger partial charge in [0.15, 0.2) is 12.1 Å². The molecule has 4 rings (SSSR count). The van der Waals surface area contributed by atoms with Crippen molar-refractivity contribution < 1.29 is 23.0 Å². The summed E-state index contributed by atoms with van der Waals surface area (Å²) in [6.45, 7) is 10.1. The van der Waals surface area contributed by atoms with Crippen LogP contribution in [-0.4, -0.2) is 45.9 Å². The van der Waals surface area contributed by atoms with E-state index in [9.17, 15) is 4.39 Å². The SMILES string of the molecule is CC1(C)O[C@H]2O[C@H](CO[Si](c3ccccc3)(c3ccccc3)C(C)(C)C)[C@@H](CF)[C@H]2O1. The first kappa shape index (κ1) is 22.6. The van der Waals surface area contributed by atoms with Crippen molar-refractivity contribution in [1.82, 2.24) is 0 Å². The Morgan fingerprint density at radius 1 is 0.935 bits per heavy atom. The smallest absolute Gasteiger partial charge is 0.261 e. The highest BCUT2D eigenvalue weighted by Crippen LogP contribution is 2.42. The van der Waals surface area contributed by atoms with Crippen LogP contribution >= 0.6 is 0 Å². The maximum absolute atomic E-state index is 14.1. The largest absolute Gasteiger partial charge is 0.405 e. The highest BCUT2D eigenvalue weighted by atomic mass is 28.4. The standard InChI is InChI=1S/C25H33FO4Si/c1-24(2,3)31(18-12-8-6-9-13-18,19-14-10-7-11-15-19)27-17-21-20(16-26)22-23(28-21)30-25(4,5)29-22/h6-15,20-23H,16-17H2,1-5H3/t20-,21-,22-,23-/m1/s1. The van der Waals surface area contributed by atoms with Crippen molar-refractivity contribution in [2.24, 2.45) is 5.92 Å². The Hall–Kier alpha value is -1.57. The highest BCUT2D eigenvalue weighted by molar-refractivity contribution is 6.99. The van der Waals surface area contributed by atoms with E-state index in [4.69, 9.17) is 18.6 Å². The number of hydrogen-bond donors (Lipinski definition) is 0. The maximum Gasteiger partial charge on any atom is 0.261 e. The van der Waals surface area contributed by atoms with Crippen molar-refractivity contribution in [2.75, 3.05) is 13.3 Å². The second kappa shape index (κ2) is 8.41. The van der Waals surface area contributed by atoms with Gasteiger partial charge in [0.05, 0.1) is 19.4 Å². The fourth-order valence-corrected chi connectivity index (χ4v) is 9.53. The Morgan fingerprint density at radius 2 is 1.48 bits per heavy atom. The molecule has 0 aromatic heterocycles. The first-order valence-corrected chi connectivity index (χ1v) is 12.9. The van der Waals surface area contributed by atoms with Gasteiger partial charge in [0.25, 0.3) is 8.32 Å². The van der Waals surface area contributed by atoms with Gasteiger partial charge in [0.2, 0.25) is 0 Å². The molecular weight excluding hydrogens is 411 g/mol. The summed E-state index contributed by atoms with van der Waals surface area (Å²) in [6.07, 6.45) is -1.38. The van der Waals surface area contributed by atoms with Crippen LogP contribution in [-0.2, 0) is 18.6 Å². The molecule has 2 aromatic carbocycles. The van der Waals surface area contributed by atoms with Crippen molar-refractivity contribution in [3.8, 4) is 0 Å². The predicted molar refractivity (Wildman–Crippen MR) is 122 cm³/mol. The predicted octanol–water partition coefficient (Wildman–Crippen LogP) is 4.03. The van der Waals surface area contributed by atoms with E-state index in [1.54, 1.807) is 0 Å². The van der Waals surface area contributed by atoms with Crippen LogP contribution in [0.5, 0.6) is 0 Å².